The van der Waals surface area contributed by atoms with E-state index in [0.717, 1.165) is 0 Å². The van der Waals surface area contributed by atoms with E-state index in [1.165, 1.54) is 12.1 Å². The van der Waals surface area contributed by atoms with Crippen LogP contribution in [-0.4, -0.2) is 53.6 Å². The number of nitrogens with zero attached hydrogens (tertiary/aromatic N) is 1. The highest BCUT2D eigenvalue weighted by molar-refractivity contribution is 5.94. The molecule has 1 heterocycles. The van der Waals surface area contributed by atoms with Gasteiger partial charge in [-0.15, -0.1) is 0 Å². The van der Waals surface area contributed by atoms with Crippen molar-refractivity contribution in [2.24, 2.45) is 0 Å². The Balaban J connectivity index is 0.00000144. The van der Waals surface area contributed by atoms with Crippen molar-refractivity contribution in [1.82, 2.24) is 15.3 Å². The van der Waals surface area contributed by atoms with Gasteiger partial charge in [0.2, 0.25) is 5.75 Å². The average molecular weight is 450 g/mol. The van der Waals surface area contributed by atoms with Crippen LogP contribution >= 0.6 is 0 Å². The van der Waals surface area contributed by atoms with Crippen molar-refractivity contribution in [3.05, 3.63) is 57.8 Å². The number of rotatable bonds is 7. The summed E-state index contributed by atoms with van der Waals surface area (Å²) in [5.74, 6) is -1.90. The first-order chi connectivity index (χ1) is 15.2. The zero-order valence-corrected chi connectivity index (χ0v) is 19.2. The van der Waals surface area contributed by atoms with Crippen molar-refractivity contribution < 1.29 is 29.0 Å². The minimum atomic E-state index is -0.845. The van der Waals surface area contributed by atoms with Crippen molar-refractivity contribution >= 4 is 18.2 Å². The van der Waals surface area contributed by atoms with Crippen LogP contribution in [0.5, 0.6) is 5.75 Å². The second-order valence-electron chi connectivity index (χ2n) is 6.29. The summed E-state index contributed by atoms with van der Waals surface area (Å²) in [4.78, 5) is 52.7. The predicted octanol–water partition coefficient (Wildman–Crippen LogP) is 1.82. The van der Waals surface area contributed by atoms with Gasteiger partial charge in [-0.25, -0.2) is 14.6 Å². The molecule has 1 aromatic carbocycles. The van der Waals surface area contributed by atoms with Crippen molar-refractivity contribution in [3.8, 4) is 5.75 Å². The fourth-order valence-electron chi connectivity index (χ4n) is 2.04. The molecule has 10 nitrogen and oxygen atoms in total. The molecular formula is C22H31N3O7. The number of benzene rings is 1. The van der Waals surface area contributed by atoms with Crippen LogP contribution in [0.2, 0.25) is 0 Å². The molecule has 0 amide bonds. The Hall–Kier alpha value is -3.37. The number of aldehydes is 1. The largest absolute Gasteiger partial charge is 0.461 e. The van der Waals surface area contributed by atoms with Crippen LogP contribution in [0.15, 0.2) is 35.1 Å². The van der Waals surface area contributed by atoms with E-state index in [-0.39, 0.29) is 30.3 Å². The second kappa shape index (κ2) is 14.6. The molecule has 0 aliphatic heterocycles. The van der Waals surface area contributed by atoms with Crippen molar-refractivity contribution in [3.63, 3.8) is 0 Å². The Bertz CT molecular complexity index is 925. The normalized spacial score (nSPS) is 9.97. The van der Waals surface area contributed by atoms with Gasteiger partial charge in [0.05, 0.1) is 24.3 Å². The molecule has 32 heavy (non-hydrogen) atoms. The number of hydrogen-bond donors (Lipinski definition) is 3. The number of aliphatic hydroxyl groups excluding tert-OH is 1. The predicted molar refractivity (Wildman–Crippen MR) is 119 cm³/mol. The minimum Gasteiger partial charge on any atom is -0.461 e. The number of ether oxygens (including phenoxy) is 2. The summed E-state index contributed by atoms with van der Waals surface area (Å²) >= 11 is 0. The molecule has 3 N–H and O–H groups in total. The van der Waals surface area contributed by atoms with Crippen LogP contribution in [-0.2, 0) is 15.1 Å². The fourth-order valence-corrected chi connectivity index (χ4v) is 2.04. The van der Waals surface area contributed by atoms with Crippen molar-refractivity contribution in [2.45, 2.75) is 40.2 Å². The van der Waals surface area contributed by atoms with E-state index in [4.69, 9.17) is 19.4 Å². The fraction of sp³-hybridized carbons (Fsp3) is 0.409. The van der Waals surface area contributed by atoms with Gasteiger partial charge >= 0.3 is 11.9 Å². The molecule has 0 saturated carbocycles. The summed E-state index contributed by atoms with van der Waals surface area (Å²) in [6.45, 7) is 8.90. The number of aromatic nitrogens is 2. The number of H-pyrrole nitrogens is 1. The van der Waals surface area contributed by atoms with Crippen LogP contribution in [0.4, 0.5) is 0 Å². The van der Waals surface area contributed by atoms with Crippen LogP contribution in [0.25, 0.3) is 0 Å². The SMILES string of the molecule is CC.CCOC(=O)c1nc(C(C)(C)NC)[nH]c(=O)c1OC(=O)c1ccccc1.O=CCO. The van der Waals surface area contributed by atoms with Gasteiger partial charge in [-0.2, -0.15) is 0 Å². The molecule has 0 aliphatic carbocycles. The van der Waals surface area contributed by atoms with Gasteiger partial charge in [0.15, 0.2) is 5.69 Å². The Kier molecular flexibility index (Phi) is 13.1. The molecule has 10 heteroatoms. The Morgan fingerprint density at radius 2 is 1.75 bits per heavy atom. The first-order valence-electron chi connectivity index (χ1n) is 10.0. The van der Waals surface area contributed by atoms with E-state index >= 15 is 0 Å². The maximum Gasteiger partial charge on any atom is 0.361 e. The van der Waals surface area contributed by atoms with Gasteiger partial charge in [-0.05, 0) is 40.0 Å². The van der Waals surface area contributed by atoms with Gasteiger partial charge in [-0.3, -0.25) is 4.79 Å². The summed E-state index contributed by atoms with van der Waals surface area (Å²) in [5, 5.41) is 10.5. The molecule has 0 unspecified atom stereocenters. The monoisotopic (exact) mass is 449 g/mol. The lowest BCUT2D eigenvalue weighted by atomic mass is 10.1. The van der Waals surface area contributed by atoms with Gasteiger partial charge in [0.1, 0.15) is 12.1 Å². The maximum absolute atomic E-state index is 12.5. The molecule has 2 rings (SSSR count). The molecule has 0 fully saturated rings. The number of esters is 2. The Morgan fingerprint density at radius 1 is 1.19 bits per heavy atom. The standard InChI is InChI=1S/C18H21N3O5.C2H4O2.C2H6/c1-5-25-16(24)12-13(26-15(23)11-9-7-6-8-10-11)14(22)21-17(20-12)18(2,3)19-4;3-1-2-4;1-2/h6-10,19H,5H2,1-4H3,(H,20,21,22);1,4H,2H2;1-2H3. The molecule has 0 bridgehead atoms. The van der Waals surface area contributed by atoms with E-state index in [2.05, 4.69) is 15.3 Å². The van der Waals surface area contributed by atoms with Gasteiger partial charge in [0.25, 0.3) is 5.56 Å². The summed E-state index contributed by atoms with van der Waals surface area (Å²) in [7, 11) is 1.69. The maximum atomic E-state index is 12.5. The number of aliphatic hydroxyl groups is 1. The average Bonchev–Trinajstić information content (AvgIpc) is 2.82. The highest BCUT2D eigenvalue weighted by Gasteiger charge is 2.28. The zero-order valence-electron chi connectivity index (χ0n) is 19.2. The molecule has 0 aliphatic rings. The first-order valence-corrected chi connectivity index (χ1v) is 10.0. The molecule has 0 saturated heterocycles. The minimum absolute atomic E-state index is 0.0874. The Labute approximate surface area is 187 Å². The van der Waals surface area contributed by atoms with Crippen molar-refractivity contribution in [1.29, 1.82) is 0 Å². The van der Waals surface area contributed by atoms with E-state index in [9.17, 15) is 14.4 Å². The summed E-state index contributed by atoms with van der Waals surface area (Å²) in [6, 6.07) is 8.12. The number of hydrogen-bond acceptors (Lipinski definition) is 9. The van der Waals surface area contributed by atoms with E-state index in [0.29, 0.717) is 6.29 Å². The molecule has 176 valence electrons. The molecular weight excluding hydrogens is 418 g/mol. The summed E-state index contributed by atoms with van der Waals surface area (Å²) in [6.07, 6.45) is 0.431. The Morgan fingerprint density at radius 3 is 2.22 bits per heavy atom. The molecule has 0 spiro atoms. The number of nitrogens with one attached hydrogen (secondary N) is 2. The zero-order chi connectivity index (χ0) is 24.7. The van der Waals surface area contributed by atoms with E-state index < -0.39 is 28.8 Å². The van der Waals surface area contributed by atoms with Crippen molar-refractivity contribution in [2.75, 3.05) is 20.3 Å². The first kappa shape index (κ1) is 28.6. The molecule has 2 aromatic rings. The lowest BCUT2D eigenvalue weighted by Crippen LogP contribution is -2.38. The van der Waals surface area contributed by atoms with Crippen LogP contribution in [0.3, 0.4) is 0 Å². The molecule has 0 atom stereocenters. The van der Waals surface area contributed by atoms with Gasteiger partial charge in [0, 0.05) is 0 Å². The third-order valence-corrected chi connectivity index (χ3v) is 3.84. The van der Waals surface area contributed by atoms with Crippen LogP contribution < -0.4 is 15.6 Å². The smallest absolute Gasteiger partial charge is 0.361 e. The highest BCUT2D eigenvalue weighted by atomic mass is 16.6. The summed E-state index contributed by atoms with van der Waals surface area (Å²) < 4.78 is 10.1. The van der Waals surface area contributed by atoms with Gasteiger partial charge in [-0.1, -0.05) is 32.0 Å². The van der Waals surface area contributed by atoms with E-state index in [1.54, 1.807) is 46.0 Å². The second-order valence-corrected chi connectivity index (χ2v) is 6.29. The number of carbonyl (C=O) groups is 3. The lowest BCUT2D eigenvalue weighted by molar-refractivity contribution is -0.110. The highest BCUT2D eigenvalue weighted by Crippen LogP contribution is 2.19. The molecule has 0 radical (unpaired) electrons. The number of carbonyl (C=O) groups excluding carboxylic acids is 3. The van der Waals surface area contributed by atoms with Crippen LogP contribution in [0, 0.1) is 0 Å². The lowest BCUT2D eigenvalue weighted by Gasteiger charge is -2.23. The number of aromatic amines is 1. The van der Waals surface area contributed by atoms with E-state index in [1.807, 2.05) is 13.8 Å². The van der Waals surface area contributed by atoms with Crippen LogP contribution in [0.1, 0.15) is 61.3 Å². The summed E-state index contributed by atoms with van der Waals surface area (Å²) in [5.41, 5.74) is -1.58. The third kappa shape index (κ3) is 8.40. The quantitative estimate of drug-likeness (QED) is 0.425. The van der Waals surface area contributed by atoms with Gasteiger partial charge < -0.3 is 29.7 Å². The molecule has 1 aromatic heterocycles. The topological polar surface area (TPSA) is 148 Å². The third-order valence-electron chi connectivity index (χ3n) is 3.84.